The zero-order valence-corrected chi connectivity index (χ0v) is 11.5. The molecule has 0 aliphatic carbocycles. The predicted molar refractivity (Wildman–Crippen MR) is 69.4 cm³/mol. The van der Waals surface area contributed by atoms with Gasteiger partial charge in [-0.25, -0.2) is 4.39 Å². The van der Waals surface area contributed by atoms with Crippen LogP contribution < -0.4 is 5.32 Å². The lowest BCUT2D eigenvalue weighted by molar-refractivity contribution is 0.0397. The van der Waals surface area contributed by atoms with Gasteiger partial charge in [0.25, 0.3) is 0 Å². The largest absolute Gasteiger partial charge is 0.381 e. The maximum absolute atomic E-state index is 13.9. The lowest BCUT2D eigenvalue weighted by atomic mass is 9.88. The SMILES string of the molecule is CNC(c1cc(Br)ccc1F)C1CCCOC1. The highest BCUT2D eigenvalue weighted by Gasteiger charge is 2.26. The second kappa shape index (κ2) is 5.94. The average Bonchev–Trinajstić information content (AvgIpc) is 2.36. The number of hydrogen-bond donors (Lipinski definition) is 1. The molecule has 2 atom stereocenters. The molecule has 17 heavy (non-hydrogen) atoms. The highest BCUT2D eigenvalue weighted by molar-refractivity contribution is 9.10. The van der Waals surface area contributed by atoms with Gasteiger partial charge in [0.05, 0.1) is 6.61 Å². The molecule has 0 radical (unpaired) electrons. The molecule has 4 heteroatoms. The second-order valence-corrected chi connectivity index (χ2v) is 5.33. The van der Waals surface area contributed by atoms with Crippen molar-refractivity contribution in [1.29, 1.82) is 0 Å². The number of hydrogen-bond acceptors (Lipinski definition) is 2. The Balaban J connectivity index is 2.24. The Morgan fingerprint density at radius 3 is 3.00 bits per heavy atom. The summed E-state index contributed by atoms with van der Waals surface area (Å²) in [5.74, 6) is 0.190. The van der Waals surface area contributed by atoms with Crippen LogP contribution in [0.3, 0.4) is 0 Å². The molecule has 1 aliphatic heterocycles. The molecule has 1 fully saturated rings. The van der Waals surface area contributed by atoms with Crippen molar-refractivity contribution in [3.63, 3.8) is 0 Å². The molecule has 1 aliphatic rings. The molecule has 1 saturated heterocycles. The first kappa shape index (κ1) is 13.0. The third-order valence-electron chi connectivity index (χ3n) is 3.27. The van der Waals surface area contributed by atoms with Crippen LogP contribution in [-0.4, -0.2) is 20.3 Å². The van der Waals surface area contributed by atoms with Crippen LogP contribution in [0.5, 0.6) is 0 Å². The summed E-state index contributed by atoms with van der Waals surface area (Å²) in [5.41, 5.74) is 0.720. The molecular weight excluding hydrogens is 285 g/mol. The van der Waals surface area contributed by atoms with E-state index >= 15 is 0 Å². The van der Waals surface area contributed by atoms with Gasteiger partial charge < -0.3 is 10.1 Å². The van der Waals surface area contributed by atoms with Gasteiger partial charge in [-0.1, -0.05) is 15.9 Å². The zero-order valence-electron chi connectivity index (χ0n) is 9.88. The van der Waals surface area contributed by atoms with E-state index in [4.69, 9.17) is 4.74 Å². The number of nitrogens with one attached hydrogen (secondary N) is 1. The Hall–Kier alpha value is -0.450. The summed E-state index contributed by atoms with van der Waals surface area (Å²) in [6.45, 7) is 1.53. The fourth-order valence-corrected chi connectivity index (χ4v) is 2.81. The fraction of sp³-hybridized carbons (Fsp3) is 0.538. The standard InChI is InChI=1S/C13H17BrFNO/c1-16-13(9-3-2-6-17-8-9)11-7-10(14)4-5-12(11)15/h4-5,7,9,13,16H,2-3,6,8H2,1H3. The minimum Gasteiger partial charge on any atom is -0.381 e. The highest BCUT2D eigenvalue weighted by Crippen LogP contribution is 2.31. The van der Waals surface area contributed by atoms with Crippen molar-refractivity contribution in [2.24, 2.45) is 5.92 Å². The van der Waals surface area contributed by atoms with Crippen molar-refractivity contribution >= 4 is 15.9 Å². The van der Waals surface area contributed by atoms with Crippen molar-refractivity contribution in [3.05, 3.63) is 34.1 Å². The van der Waals surface area contributed by atoms with Crippen LogP contribution in [0.25, 0.3) is 0 Å². The van der Waals surface area contributed by atoms with E-state index in [1.807, 2.05) is 13.1 Å². The normalized spacial score (nSPS) is 22.4. The van der Waals surface area contributed by atoms with E-state index in [0.29, 0.717) is 12.5 Å². The first-order valence-electron chi connectivity index (χ1n) is 5.92. The van der Waals surface area contributed by atoms with Gasteiger partial charge in [-0.3, -0.25) is 0 Å². The van der Waals surface area contributed by atoms with E-state index < -0.39 is 0 Å². The average molecular weight is 302 g/mol. The molecule has 0 aromatic heterocycles. The Labute approximate surface area is 110 Å². The van der Waals surface area contributed by atoms with Crippen molar-refractivity contribution in [3.8, 4) is 0 Å². The maximum atomic E-state index is 13.9. The molecule has 0 amide bonds. The number of ether oxygens (including phenoxy) is 1. The van der Waals surface area contributed by atoms with Crippen LogP contribution in [0.2, 0.25) is 0 Å². The summed E-state index contributed by atoms with van der Waals surface area (Å²) < 4.78 is 20.3. The summed E-state index contributed by atoms with van der Waals surface area (Å²) in [4.78, 5) is 0. The van der Waals surface area contributed by atoms with Gasteiger partial charge in [-0.15, -0.1) is 0 Å². The van der Waals surface area contributed by atoms with Gasteiger partial charge in [0.1, 0.15) is 5.82 Å². The monoisotopic (exact) mass is 301 g/mol. The molecule has 0 spiro atoms. The Morgan fingerprint density at radius 1 is 1.53 bits per heavy atom. The number of rotatable bonds is 3. The molecular formula is C13H17BrFNO. The van der Waals surface area contributed by atoms with Crippen LogP contribution in [0, 0.1) is 11.7 Å². The van der Waals surface area contributed by atoms with Gasteiger partial charge in [0.2, 0.25) is 0 Å². The molecule has 2 unspecified atom stereocenters. The highest BCUT2D eigenvalue weighted by atomic mass is 79.9. The predicted octanol–water partition coefficient (Wildman–Crippen LogP) is 3.28. The lowest BCUT2D eigenvalue weighted by Gasteiger charge is -2.30. The number of halogens is 2. The van der Waals surface area contributed by atoms with E-state index in [0.717, 1.165) is 29.5 Å². The number of benzene rings is 1. The third kappa shape index (κ3) is 3.06. The molecule has 1 heterocycles. The van der Waals surface area contributed by atoms with Crippen LogP contribution in [0.4, 0.5) is 4.39 Å². The van der Waals surface area contributed by atoms with Gasteiger partial charge >= 0.3 is 0 Å². The molecule has 0 bridgehead atoms. The van der Waals surface area contributed by atoms with Crippen molar-refractivity contribution in [1.82, 2.24) is 5.32 Å². The second-order valence-electron chi connectivity index (χ2n) is 4.41. The maximum Gasteiger partial charge on any atom is 0.128 e. The van der Waals surface area contributed by atoms with Crippen molar-refractivity contribution in [2.75, 3.05) is 20.3 Å². The van der Waals surface area contributed by atoms with Crippen LogP contribution in [0.15, 0.2) is 22.7 Å². The summed E-state index contributed by atoms with van der Waals surface area (Å²) in [7, 11) is 1.87. The Morgan fingerprint density at radius 2 is 2.35 bits per heavy atom. The van der Waals surface area contributed by atoms with Gasteiger partial charge in [-0.2, -0.15) is 0 Å². The molecule has 1 aromatic carbocycles. The van der Waals surface area contributed by atoms with E-state index in [-0.39, 0.29) is 11.9 Å². The zero-order chi connectivity index (χ0) is 12.3. The van der Waals surface area contributed by atoms with Crippen LogP contribution >= 0.6 is 15.9 Å². The first-order valence-corrected chi connectivity index (χ1v) is 6.71. The third-order valence-corrected chi connectivity index (χ3v) is 3.76. The topological polar surface area (TPSA) is 21.3 Å². The summed E-state index contributed by atoms with van der Waals surface area (Å²) in [6, 6.07) is 5.11. The fourth-order valence-electron chi connectivity index (χ4n) is 2.43. The van der Waals surface area contributed by atoms with Gasteiger partial charge in [-0.05, 0) is 38.1 Å². The van der Waals surface area contributed by atoms with E-state index in [1.54, 1.807) is 6.07 Å². The van der Waals surface area contributed by atoms with E-state index in [9.17, 15) is 4.39 Å². The van der Waals surface area contributed by atoms with Gasteiger partial charge in [0, 0.05) is 28.6 Å². The molecule has 0 saturated carbocycles. The summed E-state index contributed by atoms with van der Waals surface area (Å²) in [5, 5.41) is 3.22. The molecule has 94 valence electrons. The quantitative estimate of drug-likeness (QED) is 0.925. The van der Waals surface area contributed by atoms with Gasteiger partial charge in [0.15, 0.2) is 0 Å². The smallest absolute Gasteiger partial charge is 0.128 e. The lowest BCUT2D eigenvalue weighted by Crippen LogP contribution is -2.32. The minimum absolute atomic E-state index is 0.0211. The van der Waals surface area contributed by atoms with E-state index in [1.165, 1.54) is 6.07 Å². The molecule has 2 rings (SSSR count). The molecule has 2 nitrogen and oxygen atoms in total. The van der Waals surface area contributed by atoms with Crippen molar-refractivity contribution < 1.29 is 9.13 Å². The minimum atomic E-state index is -0.155. The Kier molecular flexibility index (Phi) is 4.54. The Bertz CT molecular complexity index is 380. The van der Waals surface area contributed by atoms with Crippen LogP contribution in [-0.2, 0) is 4.74 Å². The first-order chi connectivity index (χ1) is 8.22. The van der Waals surface area contributed by atoms with Crippen molar-refractivity contribution in [2.45, 2.75) is 18.9 Å². The van der Waals surface area contributed by atoms with E-state index in [2.05, 4.69) is 21.2 Å². The van der Waals surface area contributed by atoms with Crippen LogP contribution in [0.1, 0.15) is 24.4 Å². The molecule has 1 N–H and O–H groups in total. The summed E-state index contributed by atoms with van der Waals surface area (Å²) in [6.07, 6.45) is 2.13. The summed E-state index contributed by atoms with van der Waals surface area (Å²) >= 11 is 3.39. The molecule has 1 aromatic rings.